The molecule has 0 spiro atoms. The Bertz CT molecular complexity index is 377. The number of phenolic OH excluding ortho intramolecular Hbond substituents is 1. The second-order valence-corrected chi connectivity index (χ2v) is 3.05. The van der Waals surface area contributed by atoms with Crippen LogP contribution in [0.2, 0.25) is 0 Å². The van der Waals surface area contributed by atoms with E-state index in [2.05, 4.69) is 5.32 Å². The lowest BCUT2D eigenvalue weighted by molar-refractivity contribution is -0.124. The maximum atomic E-state index is 11.2. The zero-order chi connectivity index (χ0) is 11.3. The summed E-state index contributed by atoms with van der Waals surface area (Å²) in [5.74, 6) is -0.886. The van der Waals surface area contributed by atoms with Crippen LogP contribution in [0.15, 0.2) is 24.3 Å². The predicted molar refractivity (Wildman–Crippen MR) is 54.0 cm³/mol. The number of hydrogen-bond donors (Lipinski definition) is 3. The van der Waals surface area contributed by atoms with Gasteiger partial charge in [0.15, 0.2) is 0 Å². The maximum absolute atomic E-state index is 11.2. The minimum Gasteiger partial charge on any atom is -0.508 e. The van der Waals surface area contributed by atoms with Gasteiger partial charge in [0.1, 0.15) is 5.75 Å². The lowest BCUT2D eigenvalue weighted by Gasteiger charge is -2.04. The Morgan fingerprint density at radius 3 is 2.60 bits per heavy atom. The van der Waals surface area contributed by atoms with Gasteiger partial charge in [0.25, 0.3) is 0 Å². The molecule has 0 radical (unpaired) electrons. The number of hydrogen-bond acceptors (Lipinski definition) is 3. The molecule has 0 saturated carbocycles. The van der Waals surface area contributed by atoms with Crippen LogP contribution in [0.5, 0.6) is 5.75 Å². The van der Waals surface area contributed by atoms with Crippen LogP contribution in [0.4, 0.5) is 0 Å². The van der Waals surface area contributed by atoms with Gasteiger partial charge in [-0.15, -0.1) is 0 Å². The third-order valence-corrected chi connectivity index (χ3v) is 1.80. The van der Waals surface area contributed by atoms with Crippen molar-refractivity contribution in [1.82, 2.24) is 5.32 Å². The van der Waals surface area contributed by atoms with Crippen molar-refractivity contribution in [2.45, 2.75) is 6.42 Å². The van der Waals surface area contributed by atoms with Gasteiger partial charge in [-0.25, -0.2) is 0 Å². The lowest BCUT2D eigenvalue weighted by atomic mass is 10.1. The van der Waals surface area contributed by atoms with Crippen molar-refractivity contribution in [2.24, 2.45) is 5.73 Å². The molecule has 0 bridgehead atoms. The maximum Gasteiger partial charge on any atom is 0.236 e. The van der Waals surface area contributed by atoms with Crippen molar-refractivity contribution >= 4 is 11.8 Å². The van der Waals surface area contributed by atoms with Gasteiger partial charge in [0, 0.05) is 5.56 Å². The van der Waals surface area contributed by atoms with E-state index in [1.54, 1.807) is 18.2 Å². The fraction of sp³-hybridized carbons (Fsp3) is 0.200. The summed E-state index contributed by atoms with van der Waals surface area (Å²) in [6, 6.07) is 6.52. The Balaban J connectivity index is 2.52. The van der Waals surface area contributed by atoms with Crippen LogP contribution >= 0.6 is 0 Å². The smallest absolute Gasteiger partial charge is 0.236 e. The van der Waals surface area contributed by atoms with E-state index in [1.165, 1.54) is 6.07 Å². The summed E-state index contributed by atoms with van der Waals surface area (Å²) in [5.41, 5.74) is 5.37. The number of nitrogens with one attached hydrogen (secondary N) is 1. The van der Waals surface area contributed by atoms with Crippen LogP contribution in [-0.2, 0) is 16.0 Å². The quantitative estimate of drug-likeness (QED) is 0.625. The highest BCUT2D eigenvalue weighted by atomic mass is 16.3. The van der Waals surface area contributed by atoms with Gasteiger partial charge in [-0.2, -0.15) is 0 Å². The van der Waals surface area contributed by atoms with Crippen LogP contribution in [0.1, 0.15) is 5.56 Å². The Morgan fingerprint density at radius 2 is 2.00 bits per heavy atom. The molecule has 0 heterocycles. The highest BCUT2D eigenvalue weighted by molar-refractivity contribution is 5.85. The first-order valence-electron chi connectivity index (χ1n) is 4.41. The molecule has 2 amide bonds. The summed E-state index contributed by atoms with van der Waals surface area (Å²) in [6.45, 7) is -0.188. The third-order valence-electron chi connectivity index (χ3n) is 1.80. The van der Waals surface area contributed by atoms with E-state index < -0.39 is 5.91 Å². The number of rotatable bonds is 4. The molecule has 0 fully saturated rings. The molecule has 0 saturated heterocycles. The van der Waals surface area contributed by atoms with Crippen molar-refractivity contribution in [2.75, 3.05) is 6.54 Å². The first-order valence-corrected chi connectivity index (χ1v) is 4.41. The Labute approximate surface area is 86.9 Å². The topological polar surface area (TPSA) is 92.4 Å². The van der Waals surface area contributed by atoms with Crippen molar-refractivity contribution < 1.29 is 14.7 Å². The minimum absolute atomic E-state index is 0.0277. The molecule has 0 aromatic heterocycles. The van der Waals surface area contributed by atoms with E-state index in [9.17, 15) is 14.7 Å². The normalized spacial score (nSPS) is 9.60. The van der Waals surface area contributed by atoms with Gasteiger partial charge in [-0.05, 0) is 6.07 Å². The third kappa shape index (κ3) is 3.68. The summed E-state index contributed by atoms with van der Waals surface area (Å²) in [7, 11) is 0. The first-order chi connectivity index (χ1) is 7.09. The monoisotopic (exact) mass is 208 g/mol. The highest BCUT2D eigenvalue weighted by Crippen LogP contribution is 2.15. The molecule has 0 atom stereocenters. The molecule has 15 heavy (non-hydrogen) atoms. The molecule has 1 aromatic carbocycles. The fourth-order valence-corrected chi connectivity index (χ4v) is 1.08. The Hall–Kier alpha value is -2.04. The number of para-hydroxylation sites is 1. The van der Waals surface area contributed by atoms with E-state index in [4.69, 9.17) is 5.73 Å². The molecule has 0 aliphatic carbocycles. The largest absolute Gasteiger partial charge is 0.508 e. The highest BCUT2D eigenvalue weighted by Gasteiger charge is 2.07. The van der Waals surface area contributed by atoms with E-state index in [-0.39, 0.29) is 24.6 Å². The molecule has 0 unspecified atom stereocenters. The number of phenols is 1. The summed E-state index contributed by atoms with van der Waals surface area (Å²) in [4.78, 5) is 21.6. The van der Waals surface area contributed by atoms with Crippen molar-refractivity contribution in [1.29, 1.82) is 0 Å². The predicted octanol–water partition coefficient (Wildman–Crippen LogP) is -0.464. The zero-order valence-electron chi connectivity index (χ0n) is 8.06. The number of nitrogens with two attached hydrogens (primary N) is 1. The average molecular weight is 208 g/mol. The molecule has 0 aliphatic rings. The molecule has 0 aliphatic heterocycles. The average Bonchev–Trinajstić information content (AvgIpc) is 2.18. The second-order valence-electron chi connectivity index (χ2n) is 3.05. The number of primary amides is 1. The van der Waals surface area contributed by atoms with Crippen LogP contribution in [0.3, 0.4) is 0 Å². The minimum atomic E-state index is -0.597. The molecular formula is C10H12N2O3. The van der Waals surface area contributed by atoms with Gasteiger partial charge in [-0.3, -0.25) is 9.59 Å². The van der Waals surface area contributed by atoms with Crippen LogP contribution in [0, 0.1) is 0 Å². The van der Waals surface area contributed by atoms with E-state index in [1.807, 2.05) is 0 Å². The SMILES string of the molecule is NC(=O)CNC(=O)Cc1ccccc1O. The van der Waals surface area contributed by atoms with E-state index >= 15 is 0 Å². The van der Waals surface area contributed by atoms with Gasteiger partial charge in [0.2, 0.25) is 11.8 Å². The molecule has 5 heteroatoms. The van der Waals surface area contributed by atoms with E-state index in [0.717, 1.165) is 0 Å². The number of aromatic hydroxyl groups is 1. The lowest BCUT2D eigenvalue weighted by Crippen LogP contribution is -2.34. The number of carbonyl (C=O) groups is 2. The molecule has 80 valence electrons. The summed E-state index contributed by atoms with van der Waals surface area (Å²) in [5, 5.41) is 11.7. The van der Waals surface area contributed by atoms with Crippen molar-refractivity contribution in [3.05, 3.63) is 29.8 Å². The first kappa shape index (κ1) is 11.0. The summed E-state index contributed by atoms with van der Waals surface area (Å²) >= 11 is 0. The molecule has 1 aromatic rings. The fourth-order valence-electron chi connectivity index (χ4n) is 1.08. The summed E-state index contributed by atoms with van der Waals surface area (Å²) in [6.07, 6.45) is 0.0277. The number of carbonyl (C=O) groups excluding carboxylic acids is 2. The molecule has 1 rings (SSSR count). The van der Waals surface area contributed by atoms with Crippen molar-refractivity contribution in [3.8, 4) is 5.75 Å². The van der Waals surface area contributed by atoms with Gasteiger partial charge < -0.3 is 16.2 Å². The Kier molecular flexibility index (Phi) is 3.68. The number of amides is 2. The van der Waals surface area contributed by atoms with Gasteiger partial charge in [-0.1, -0.05) is 18.2 Å². The molecule has 4 N–H and O–H groups in total. The number of benzene rings is 1. The summed E-state index contributed by atoms with van der Waals surface area (Å²) < 4.78 is 0. The molecular weight excluding hydrogens is 196 g/mol. The van der Waals surface area contributed by atoms with Crippen molar-refractivity contribution in [3.63, 3.8) is 0 Å². The molecule has 5 nitrogen and oxygen atoms in total. The second kappa shape index (κ2) is 4.99. The standard InChI is InChI=1S/C10H12N2O3/c11-9(14)6-12-10(15)5-7-3-1-2-4-8(7)13/h1-4,13H,5-6H2,(H2,11,14)(H,12,15). The zero-order valence-corrected chi connectivity index (χ0v) is 8.06. The van der Waals surface area contributed by atoms with Gasteiger partial charge in [0.05, 0.1) is 13.0 Å². The van der Waals surface area contributed by atoms with Gasteiger partial charge >= 0.3 is 0 Å². The van der Waals surface area contributed by atoms with E-state index in [0.29, 0.717) is 5.56 Å². The van der Waals surface area contributed by atoms with Crippen LogP contribution in [-0.4, -0.2) is 23.5 Å². The Morgan fingerprint density at radius 1 is 1.33 bits per heavy atom. The van der Waals surface area contributed by atoms with Crippen LogP contribution < -0.4 is 11.1 Å². The van der Waals surface area contributed by atoms with Crippen LogP contribution in [0.25, 0.3) is 0 Å².